The average Bonchev–Trinajstić information content (AvgIpc) is 2.49. The molecule has 0 heterocycles. The molecular formula is C17H19BrO2. The van der Waals surface area contributed by atoms with Gasteiger partial charge in [0.25, 0.3) is 0 Å². The number of rotatable bonds is 7. The predicted molar refractivity (Wildman–Crippen MR) is 87.5 cm³/mol. The number of allylic oxidation sites excluding steroid dienone is 3. The Kier molecular flexibility index (Phi) is 7.02. The molecule has 0 N–H and O–H groups in total. The Hall–Kier alpha value is -1.61. The topological polar surface area (TPSA) is 26.3 Å². The summed E-state index contributed by atoms with van der Waals surface area (Å²) in [5.74, 6) is -0.352. The molecule has 0 atom stereocenters. The van der Waals surface area contributed by atoms with E-state index < -0.39 is 0 Å². The van der Waals surface area contributed by atoms with E-state index in [-0.39, 0.29) is 5.97 Å². The molecule has 0 aliphatic heterocycles. The molecule has 0 radical (unpaired) electrons. The molecule has 106 valence electrons. The number of halogens is 1. The Morgan fingerprint density at radius 3 is 2.50 bits per heavy atom. The first-order valence-corrected chi connectivity index (χ1v) is 7.19. The van der Waals surface area contributed by atoms with Crippen LogP contribution in [0.25, 0.3) is 5.57 Å². The van der Waals surface area contributed by atoms with Gasteiger partial charge in [-0.2, -0.15) is 0 Å². The highest BCUT2D eigenvalue weighted by Crippen LogP contribution is 2.30. The van der Waals surface area contributed by atoms with Gasteiger partial charge in [0, 0.05) is 5.57 Å². The van der Waals surface area contributed by atoms with E-state index in [9.17, 15) is 4.79 Å². The molecule has 2 nitrogen and oxygen atoms in total. The fraction of sp³-hybridized carbons (Fsp3) is 0.235. The maximum Gasteiger partial charge on any atom is 0.333 e. The lowest BCUT2D eigenvalue weighted by atomic mass is 10.00. The highest BCUT2D eigenvalue weighted by molar-refractivity contribution is 9.11. The molecule has 0 saturated heterocycles. The van der Waals surface area contributed by atoms with Crippen molar-refractivity contribution in [1.29, 1.82) is 0 Å². The van der Waals surface area contributed by atoms with Crippen molar-refractivity contribution in [2.75, 3.05) is 7.11 Å². The van der Waals surface area contributed by atoms with E-state index >= 15 is 0 Å². The highest BCUT2D eigenvalue weighted by Gasteiger charge is 2.10. The summed E-state index contributed by atoms with van der Waals surface area (Å²) in [5.41, 5.74) is 2.82. The molecule has 1 rings (SSSR count). The van der Waals surface area contributed by atoms with Gasteiger partial charge in [-0.25, -0.2) is 4.79 Å². The van der Waals surface area contributed by atoms with Crippen LogP contribution in [0.4, 0.5) is 0 Å². The smallest absolute Gasteiger partial charge is 0.333 e. The number of hydrogen-bond donors (Lipinski definition) is 0. The van der Waals surface area contributed by atoms with Gasteiger partial charge in [-0.3, -0.25) is 0 Å². The number of carbonyl (C=O) groups excluding carboxylic acids is 1. The minimum Gasteiger partial charge on any atom is -0.466 e. The number of ether oxygens (including phenoxy) is 1. The Morgan fingerprint density at radius 1 is 1.30 bits per heavy atom. The highest BCUT2D eigenvalue weighted by atomic mass is 79.9. The first-order valence-electron chi connectivity index (χ1n) is 6.40. The standard InChI is InChI=1S/C17H19BrO2/c1-4-8-15(14-9-6-5-7-10-14)16(18)12-11-13(2)17(19)20-3/h4-7,9-10H,1-2,8,11-12H2,3H3/b16-15+. The van der Waals surface area contributed by atoms with Gasteiger partial charge in [0.15, 0.2) is 0 Å². The van der Waals surface area contributed by atoms with E-state index in [4.69, 9.17) is 0 Å². The minimum absolute atomic E-state index is 0.352. The third-order valence-corrected chi connectivity index (χ3v) is 3.79. The summed E-state index contributed by atoms with van der Waals surface area (Å²) in [7, 11) is 1.37. The quantitative estimate of drug-likeness (QED) is 0.403. The molecule has 0 unspecified atom stereocenters. The number of benzene rings is 1. The zero-order valence-corrected chi connectivity index (χ0v) is 13.3. The zero-order chi connectivity index (χ0) is 15.0. The number of hydrogen-bond acceptors (Lipinski definition) is 2. The van der Waals surface area contributed by atoms with E-state index in [2.05, 4.69) is 46.0 Å². The summed E-state index contributed by atoms with van der Waals surface area (Å²) in [4.78, 5) is 11.3. The van der Waals surface area contributed by atoms with Crippen molar-refractivity contribution in [1.82, 2.24) is 0 Å². The van der Waals surface area contributed by atoms with Crippen LogP contribution in [0.15, 0.2) is 59.6 Å². The van der Waals surface area contributed by atoms with E-state index in [1.807, 2.05) is 24.3 Å². The summed E-state index contributed by atoms with van der Waals surface area (Å²) in [5, 5.41) is 0. The Morgan fingerprint density at radius 2 is 1.95 bits per heavy atom. The van der Waals surface area contributed by atoms with Crippen LogP contribution >= 0.6 is 15.9 Å². The van der Waals surface area contributed by atoms with Gasteiger partial charge in [-0.15, -0.1) is 6.58 Å². The van der Waals surface area contributed by atoms with Crippen LogP contribution in [0.1, 0.15) is 24.8 Å². The van der Waals surface area contributed by atoms with Crippen LogP contribution in [0.5, 0.6) is 0 Å². The van der Waals surface area contributed by atoms with Crippen LogP contribution < -0.4 is 0 Å². The van der Waals surface area contributed by atoms with Gasteiger partial charge >= 0.3 is 5.97 Å². The summed E-state index contributed by atoms with van der Waals surface area (Å²) in [6.07, 6.45) is 3.93. The molecular weight excluding hydrogens is 316 g/mol. The summed E-state index contributed by atoms with van der Waals surface area (Å²) < 4.78 is 5.71. The molecule has 0 aliphatic carbocycles. The fourth-order valence-electron chi connectivity index (χ4n) is 1.83. The lowest BCUT2D eigenvalue weighted by Gasteiger charge is -2.10. The van der Waals surface area contributed by atoms with Crippen molar-refractivity contribution < 1.29 is 9.53 Å². The maximum absolute atomic E-state index is 11.3. The second-order valence-corrected chi connectivity index (χ2v) is 5.29. The van der Waals surface area contributed by atoms with Crippen molar-refractivity contribution >= 4 is 27.5 Å². The normalized spacial score (nSPS) is 11.5. The van der Waals surface area contributed by atoms with E-state index in [1.165, 1.54) is 12.7 Å². The number of esters is 1. The lowest BCUT2D eigenvalue weighted by Crippen LogP contribution is -2.03. The van der Waals surface area contributed by atoms with Gasteiger partial charge in [0.2, 0.25) is 0 Å². The van der Waals surface area contributed by atoms with Gasteiger partial charge in [0.05, 0.1) is 7.11 Å². The lowest BCUT2D eigenvalue weighted by molar-refractivity contribution is -0.136. The van der Waals surface area contributed by atoms with Crippen molar-refractivity contribution in [2.24, 2.45) is 0 Å². The molecule has 3 heteroatoms. The van der Waals surface area contributed by atoms with Crippen LogP contribution in [0.2, 0.25) is 0 Å². The van der Waals surface area contributed by atoms with Crippen molar-refractivity contribution in [3.63, 3.8) is 0 Å². The average molecular weight is 335 g/mol. The monoisotopic (exact) mass is 334 g/mol. The first-order chi connectivity index (χ1) is 9.60. The van der Waals surface area contributed by atoms with Gasteiger partial charge < -0.3 is 4.74 Å². The van der Waals surface area contributed by atoms with Crippen LogP contribution in [0.3, 0.4) is 0 Å². The van der Waals surface area contributed by atoms with Crippen molar-refractivity contribution in [3.05, 3.63) is 65.2 Å². The summed E-state index contributed by atoms with van der Waals surface area (Å²) >= 11 is 3.62. The Labute approximate surface area is 129 Å². The molecule has 0 spiro atoms. The first kappa shape index (κ1) is 16.4. The van der Waals surface area contributed by atoms with Crippen LogP contribution in [0, 0.1) is 0 Å². The largest absolute Gasteiger partial charge is 0.466 e. The third-order valence-electron chi connectivity index (χ3n) is 2.92. The van der Waals surface area contributed by atoms with Gasteiger partial charge in [-0.05, 0) is 34.9 Å². The van der Waals surface area contributed by atoms with Crippen LogP contribution in [-0.4, -0.2) is 13.1 Å². The second kappa shape index (κ2) is 8.54. The summed E-state index contributed by atoms with van der Waals surface area (Å²) in [6, 6.07) is 10.1. The molecule has 0 bridgehead atoms. The Bertz CT molecular complexity index is 515. The maximum atomic E-state index is 11.3. The van der Waals surface area contributed by atoms with E-state index in [0.717, 1.165) is 16.5 Å². The molecule has 0 aromatic heterocycles. The molecule has 1 aromatic carbocycles. The van der Waals surface area contributed by atoms with Gasteiger partial charge in [0.1, 0.15) is 0 Å². The van der Waals surface area contributed by atoms with Gasteiger partial charge in [-0.1, -0.05) is 58.9 Å². The van der Waals surface area contributed by atoms with E-state index in [0.29, 0.717) is 18.4 Å². The van der Waals surface area contributed by atoms with Crippen molar-refractivity contribution in [2.45, 2.75) is 19.3 Å². The van der Waals surface area contributed by atoms with E-state index in [1.54, 1.807) is 0 Å². The third kappa shape index (κ3) is 4.82. The molecule has 0 aliphatic rings. The number of methoxy groups -OCH3 is 1. The number of carbonyl (C=O) groups is 1. The predicted octanol–water partition coefficient (Wildman–Crippen LogP) is 4.88. The summed E-state index contributed by atoms with van der Waals surface area (Å²) in [6.45, 7) is 7.54. The van der Waals surface area contributed by atoms with Crippen molar-refractivity contribution in [3.8, 4) is 0 Å². The second-order valence-electron chi connectivity index (χ2n) is 4.34. The molecule has 0 fully saturated rings. The minimum atomic E-state index is -0.352. The molecule has 0 amide bonds. The molecule has 20 heavy (non-hydrogen) atoms. The zero-order valence-electron chi connectivity index (χ0n) is 11.7. The molecule has 0 saturated carbocycles. The Balaban J connectivity index is 2.85. The van der Waals surface area contributed by atoms with Crippen LogP contribution in [-0.2, 0) is 9.53 Å². The molecule has 1 aromatic rings. The fourth-order valence-corrected chi connectivity index (χ4v) is 2.42. The SMILES string of the molecule is C=CC/C(=C(\Br)CCC(=C)C(=O)OC)c1ccccc1.